The fraction of sp³-hybridized carbons (Fsp3) is 0.588. The van der Waals surface area contributed by atoms with Crippen LogP contribution in [0, 0.1) is 5.92 Å². The molecule has 0 spiro atoms. The van der Waals surface area contributed by atoms with E-state index in [1.807, 2.05) is 19.2 Å². The molecular formula is C17H27N3O. The topological polar surface area (TPSA) is 44.4 Å². The van der Waals surface area contributed by atoms with Crippen LogP contribution in [0.3, 0.4) is 0 Å². The molecule has 2 N–H and O–H groups in total. The minimum atomic E-state index is 0.00333. The van der Waals surface area contributed by atoms with Gasteiger partial charge >= 0.3 is 0 Å². The molecule has 1 aliphatic heterocycles. The number of likely N-dealkylation sites (N-methyl/N-ethyl adjacent to an activating group) is 1. The fourth-order valence-electron chi connectivity index (χ4n) is 2.64. The van der Waals surface area contributed by atoms with Crippen molar-refractivity contribution in [1.82, 2.24) is 15.5 Å². The third-order valence-corrected chi connectivity index (χ3v) is 4.16. The Kier molecular flexibility index (Phi) is 6.21. The Bertz CT molecular complexity index is 436. The highest BCUT2D eigenvalue weighted by Crippen LogP contribution is 2.18. The molecule has 116 valence electrons. The largest absolute Gasteiger partial charge is 0.351 e. The Labute approximate surface area is 127 Å². The normalized spacial score (nSPS) is 16.9. The first-order valence-corrected chi connectivity index (χ1v) is 7.93. The van der Waals surface area contributed by atoms with Crippen LogP contribution in [0.4, 0.5) is 0 Å². The summed E-state index contributed by atoms with van der Waals surface area (Å²) in [7, 11) is 1.88. The Morgan fingerprint density at radius 1 is 1.19 bits per heavy atom. The van der Waals surface area contributed by atoms with Crippen LogP contribution in [0.5, 0.6) is 0 Å². The third kappa shape index (κ3) is 5.14. The number of carbonyl (C=O) groups is 1. The Hall–Kier alpha value is -1.39. The van der Waals surface area contributed by atoms with E-state index in [1.54, 1.807) is 0 Å². The number of hydrogen-bond acceptors (Lipinski definition) is 3. The quantitative estimate of drug-likeness (QED) is 0.786. The second kappa shape index (κ2) is 8.15. The molecule has 1 heterocycles. The molecule has 1 aliphatic rings. The predicted molar refractivity (Wildman–Crippen MR) is 86.4 cm³/mol. The van der Waals surface area contributed by atoms with Gasteiger partial charge in [0.25, 0.3) is 5.91 Å². The molecule has 0 bridgehead atoms. The van der Waals surface area contributed by atoms with Crippen molar-refractivity contribution in [1.29, 1.82) is 0 Å². The molecule has 0 aromatic heterocycles. The summed E-state index contributed by atoms with van der Waals surface area (Å²) in [5.41, 5.74) is 2.03. The Balaban J connectivity index is 1.82. The van der Waals surface area contributed by atoms with Crippen LogP contribution in [0.1, 0.15) is 35.7 Å². The van der Waals surface area contributed by atoms with Gasteiger partial charge in [0.1, 0.15) is 0 Å². The first-order valence-electron chi connectivity index (χ1n) is 7.93. The van der Waals surface area contributed by atoms with Crippen molar-refractivity contribution in [3.05, 3.63) is 35.4 Å². The number of rotatable bonds is 6. The molecule has 4 heteroatoms. The van der Waals surface area contributed by atoms with E-state index in [0.29, 0.717) is 6.54 Å². The molecule has 0 saturated carbocycles. The molecule has 1 aromatic carbocycles. The lowest BCUT2D eigenvalue weighted by Gasteiger charge is -2.30. The number of carbonyl (C=O) groups excluding carboxylic acids is 1. The molecule has 2 rings (SSSR count). The lowest BCUT2D eigenvalue weighted by atomic mass is 9.99. The van der Waals surface area contributed by atoms with Gasteiger partial charge < -0.3 is 10.6 Å². The summed E-state index contributed by atoms with van der Waals surface area (Å²) in [4.78, 5) is 14.4. The fourth-order valence-corrected chi connectivity index (χ4v) is 2.64. The van der Waals surface area contributed by atoms with Gasteiger partial charge in [0.05, 0.1) is 0 Å². The van der Waals surface area contributed by atoms with Gasteiger partial charge in [-0.1, -0.05) is 19.1 Å². The number of hydrogen-bond donors (Lipinski definition) is 2. The number of piperidine rings is 1. The van der Waals surface area contributed by atoms with Gasteiger partial charge in [-0.15, -0.1) is 0 Å². The minimum Gasteiger partial charge on any atom is -0.351 e. The summed E-state index contributed by atoms with van der Waals surface area (Å²) in [5, 5.41) is 5.91. The van der Waals surface area contributed by atoms with E-state index in [4.69, 9.17) is 0 Å². The molecule has 21 heavy (non-hydrogen) atoms. The molecule has 1 aromatic rings. The van der Waals surface area contributed by atoms with E-state index in [9.17, 15) is 4.79 Å². The Morgan fingerprint density at radius 2 is 1.86 bits per heavy atom. The highest BCUT2D eigenvalue weighted by atomic mass is 16.1. The standard InChI is InChI=1S/C17H27N3O/c1-14-7-11-20(12-8-14)13-15-3-5-16(6-4-15)17(21)19-10-9-18-2/h3-6,14,18H,7-13H2,1-2H3,(H,19,21). The molecule has 0 atom stereocenters. The van der Waals surface area contributed by atoms with Crippen LogP contribution in [-0.4, -0.2) is 44.0 Å². The van der Waals surface area contributed by atoms with Crippen molar-refractivity contribution < 1.29 is 4.79 Å². The van der Waals surface area contributed by atoms with Crippen molar-refractivity contribution >= 4 is 5.91 Å². The van der Waals surface area contributed by atoms with E-state index in [2.05, 4.69) is 34.6 Å². The average molecular weight is 289 g/mol. The highest BCUT2D eigenvalue weighted by molar-refractivity contribution is 5.94. The summed E-state index contributed by atoms with van der Waals surface area (Å²) in [6, 6.07) is 8.00. The van der Waals surface area contributed by atoms with Gasteiger partial charge in [0.2, 0.25) is 0 Å². The van der Waals surface area contributed by atoms with E-state index in [1.165, 1.54) is 31.5 Å². The number of nitrogens with one attached hydrogen (secondary N) is 2. The van der Waals surface area contributed by atoms with Crippen molar-refractivity contribution in [2.24, 2.45) is 5.92 Å². The number of likely N-dealkylation sites (tertiary alicyclic amines) is 1. The maximum absolute atomic E-state index is 11.9. The van der Waals surface area contributed by atoms with Gasteiger partial charge in [-0.3, -0.25) is 9.69 Å². The molecule has 1 fully saturated rings. The van der Waals surface area contributed by atoms with Gasteiger partial charge in [-0.05, 0) is 56.6 Å². The van der Waals surface area contributed by atoms with Crippen LogP contribution < -0.4 is 10.6 Å². The summed E-state index contributed by atoms with van der Waals surface area (Å²) in [5.74, 6) is 0.869. The maximum Gasteiger partial charge on any atom is 0.251 e. The zero-order valence-corrected chi connectivity index (χ0v) is 13.2. The van der Waals surface area contributed by atoms with Crippen LogP contribution in [0.25, 0.3) is 0 Å². The number of nitrogens with zero attached hydrogens (tertiary/aromatic N) is 1. The van der Waals surface area contributed by atoms with E-state index in [0.717, 1.165) is 24.6 Å². The van der Waals surface area contributed by atoms with Gasteiger partial charge in [0, 0.05) is 25.2 Å². The minimum absolute atomic E-state index is 0.00333. The van der Waals surface area contributed by atoms with Gasteiger partial charge in [-0.2, -0.15) is 0 Å². The third-order valence-electron chi connectivity index (χ3n) is 4.16. The SMILES string of the molecule is CNCCNC(=O)c1ccc(CN2CCC(C)CC2)cc1. The molecule has 1 amide bonds. The average Bonchev–Trinajstić information content (AvgIpc) is 2.50. The predicted octanol–water partition coefficient (Wildman–Crippen LogP) is 1.87. The van der Waals surface area contributed by atoms with Gasteiger partial charge in [0.15, 0.2) is 0 Å². The second-order valence-corrected chi connectivity index (χ2v) is 6.02. The van der Waals surface area contributed by atoms with Crippen LogP contribution >= 0.6 is 0 Å². The molecule has 4 nitrogen and oxygen atoms in total. The van der Waals surface area contributed by atoms with Crippen LogP contribution in [-0.2, 0) is 6.54 Å². The van der Waals surface area contributed by atoms with Gasteiger partial charge in [-0.25, -0.2) is 0 Å². The van der Waals surface area contributed by atoms with Crippen molar-refractivity contribution in [2.75, 3.05) is 33.2 Å². The van der Waals surface area contributed by atoms with Crippen molar-refractivity contribution in [3.63, 3.8) is 0 Å². The smallest absolute Gasteiger partial charge is 0.251 e. The molecule has 0 aliphatic carbocycles. The van der Waals surface area contributed by atoms with Crippen LogP contribution in [0.15, 0.2) is 24.3 Å². The summed E-state index contributed by atoms with van der Waals surface area (Å²) in [6.07, 6.45) is 2.60. The molecule has 1 saturated heterocycles. The zero-order chi connectivity index (χ0) is 15.1. The summed E-state index contributed by atoms with van der Waals surface area (Å²) < 4.78 is 0. The lowest BCUT2D eigenvalue weighted by Crippen LogP contribution is -2.32. The van der Waals surface area contributed by atoms with E-state index >= 15 is 0 Å². The monoisotopic (exact) mass is 289 g/mol. The second-order valence-electron chi connectivity index (χ2n) is 6.02. The molecule has 0 radical (unpaired) electrons. The lowest BCUT2D eigenvalue weighted by molar-refractivity contribution is 0.0954. The molecule has 0 unspecified atom stereocenters. The van der Waals surface area contributed by atoms with Crippen molar-refractivity contribution in [2.45, 2.75) is 26.3 Å². The summed E-state index contributed by atoms with van der Waals surface area (Å²) >= 11 is 0. The van der Waals surface area contributed by atoms with Crippen molar-refractivity contribution in [3.8, 4) is 0 Å². The van der Waals surface area contributed by atoms with E-state index < -0.39 is 0 Å². The first-order chi connectivity index (χ1) is 10.2. The van der Waals surface area contributed by atoms with E-state index in [-0.39, 0.29) is 5.91 Å². The number of amides is 1. The zero-order valence-electron chi connectivity index (χ0n) is 13.2. The Morgan fingerprint density at radius 3 is 2.48 bits per heavy atom. The van der Waals surface area contributed by atoms with Crippen LogP contribution in [0.2, 0.25) is 0 Å². The highest BCUT2D eigenvalue weighted by Gasteiger charge is 2.15. The summed E-state index contributed by atoms with van der Waals surface area (Å²) in [6.45, 7) is 7.15. The molecular weight excluding hydrogens is 262 g/mol. The maximum atomic E-state index is 11.9. The first kappa shape index (κ1) is 16.0. The number of benzene rings is 1.